The number of phenolic OH excluding ortho intramolecular Hbond substituents is 1. The Balaban J connectivity index is 2.15. The Labute approximate surface area is 117 Å². The van der Waals surface area contributed by atoms with Gasteiger partial charge in [0.2, 0.25) is 0 Å². The smallest absolute Gasteiger partial charge is 0.251 e. The van der Waals surface area contributed by atoms with Crippen LogP contribution >= 0.6 is 0 Å². The highest BCUT2D eigenvalue weighted by Crippen LogP contribution is 2.18. The monoisotopic (exact) mass is 271 g/mol. The number of rotatable bonds is 4. The first-order valence-electron chi connectivity index (χ1n) is 6.38. The van der Waals surface area contributed by atoms with Gasteiger partial charge in [-0.25, -0.2) is 0 Å². The van der Waals surface area contributed by atoms with Crippen LogP contribution in [0.1, 0.15) is 27.5 Å². The van der Waals surface area contributed by atoms with E-state index >= 15 is 0 Å². The summed E-state index contributed by atoms with van der Waals surface area (Å²) in [6.07, 6.45) is 0. The minimum Gasteiger partial charge on any atom is -0.508 e. The molecule has 2 aromatic carbocycles. The fraction of sp³-hybridized carbons (Fsp3) is 0.188. The van der Waals surface area contributed by atoms with Crippen molar-refractivity contribution in [3.05, 3.63) is 65.2 Å². The van der Waals surface area contributed by atoms with Gasteiger partial charge in [0, 0.05) is 5.56 Å². The van der Waals surface area contributed by atoms with Gasteiger partial charge in [-0.3, -0.25) is 4.79 Å². The molecule has 2 rings (SSSR count). The van der Waals surface area contributed by atoms with Crippen molar-refractivity contribution < 1.29 is 15.0 Å². The zero-order valence-electron chi connectivity index (χ0n) is 11.2. The molecule has 0 bridgehead atoms. The lowest BCUT2D eigenvalue weighted by atomic mass is 10.1. The van der Waals surface area contributed by atoms with Gasteiger partial charge in [-0.2, -0.15) is 0 Å². The van der Waals surface area contributed by atoms with E-state index in [1.165, 1.54) is 6.07 Å². The van der Waals surface area contributed by atoms with E-state index in [4.69, 9.17) is 0 Å². The molecule has 0 aromatic heterocycles. The van der Waals surface area contributed by atoms with Gasteiger partial charge in [0.1, 0.15) is 5.75 Å². The molecule has 0 saturated carbocycles. The predicted octanol–water partition coefficient (Wildman–Crippen LogP) is 2.16. The molecule has 2 aromatic rings. The molecule has 3 N–H and O–H groups in total. The molecule has 0 aliphatic rings. The second-order valence-corrected chi connectivity index (χ2v) is 4.62. The summed E-state index contributed by atoms with van der Waals surface area (Å²) in [7, 11) is 0. The molecule has 0 heterocycles. The van der Waals surface area contributed by atoms with Crippen LogP contribution in [-0.4, -0.2) is 22.7 Å². The predicted molar refractivity (Wildman–Crippen MR) is 76.6 cm³/mol. The highest BCUT2D eigenvalue weighted by Gasteiger charge is 2.15. The SMILES string of the molecule is Cc1ccc(C(=O)N[C@@H](CO)c2ccccc2)cc1O. The maximum Gasteiger partial charge on any atom is 0.251 e. The molecule has 0 unspecified atom stereocenters. The van der Waals surface area contributed by atoms with Crippen LogP contribution in [0.15, 0.2) is 48.5 Å². The molecule has 1 amide bonds. The van der Waals surface area contributed by atoms with E-state index in [-0.39, 0.29) is 18.3 Å². The number of carbonyl (C=O) groups excluding carboxylic acids is 1. The summed E-state index contributed by atoms with van der Waals surface area (Å²) in [6, 6.07) is 13.5. The molecule has 4 heteroatoms. The van der Waals surface area contributed by atoms with Crippen LogP contribution < -0.4 is 5.32 Å². The molecule has 20 heavy (non-hydrogen) atoms. The molecule has 0 radical (unpaired) electrons. The summed E-state index contributed by atoms with van der Waals surface area (Å²) in [5.74, 6) is -0.249. The summed E-state index contributed by atoms with van der Waals surface area (Å²) < 4.78 is 0. The lowest BCUT2D eigenvalue weighted by Crippen LogP contribution is -2.30. The summed E-state index contributed by atoms with van der Waals surface area (Å²) in [5.41, 5.74) is 1.91. The van der Waals surface area contributed by atoms with Gasteiger partial charge in [0.05, 0.1) is 12.6 Å². The van der Waals surface area contributed by atoms with Crippen molar-refractivity contribution >= 4 is 5.91 Å². The number of aromatic hydroxyl groups is 1. The van der Waals surface area contributed by atoms with Crippen molar-refractivity contribution in [3.8, 4) is 5.75 Å². The number of hydrogen-bond acceptors (Lipinski definition) is 3. The fourth-order valence-corrected chi connectivity index (χ4v) is 1.91. The van der Waals surface area contributed by atoms with E-state index < -0.39 is 6.04 Å². The van der Waals surface area contributed by atoms with Gasteiger partial charge in [-0.05, 0) is 30.2 Å². The summed E-state index contributed by atoms with van der Waals surface area (Å²) >= 11 is 0. The first-order chi connectivity index (χ1) is 9.61. The second kappa shape index (κ2) is 6.21. The van der Waals surface area contributed by atoms with E-state index in [9.17, 15) is 15.0 Å². The molecule has 0 saturated heterocycles. The number of hydrogen-bond donors (Lipinski definition) is 3. The van der Waals surface area contributed by atoms with Crippen LogP contribution in [-0.2, 0) is 0 Å². The topological polar surface area (TPSA) is 69.6 Å². The molecular weight excluding hydrogens is 254 g/mol. The number of phenols is 1. The number of nitrogens with one attached hydrogen (secondary N) is 1. The van der Waals surface area contributed by atoms with Crippen molar-refractivity contribution in [2.75, 3.05) is 6.61 Å². The Morgan fingerprint density at radius 2 is 1.90 bits per heavy atom. The highest BCUT2D eigenvalue weighted by molar-refractivity contribution is 5.95. The Morgan fingerprint density at radius 1 is 1.20 bits per heavy atom. The summed E-state index contributed by atoms with van der Waals surface area (Å²) in [4.78, 5) is 12.1. The number of amides is 1. The molecule has 4 nitrogen and oxygen atoms in total. The van der Waals surface area contributed by atoms with Gasteiger partial charge in [0.25, 0.3) is 5.91 Å². The Bertz CT molecular complexity index is 596. The van der Waals surface area contributed by atoms with Gasteiger partial charge in [-0.1, -0.05) is 36.4 Å². The molecule has 104 valence electrons. The first kappa shape index (κ1) is 14.1. The molecule has 0 fully saturated rings. The van der Waals surface area contributed by atoms with Gasteiger partial charge in [-0.15, -0.1) is 0 Å². The van der Waals surface area contributed by atoms with Crippen LogP contribution in [0.4, 0.5) is 0 Å². The molecule has 0 aliphatic carbocycles. The van der Waals surface area contributed by atoms with Crippen LogP contribution in [0.5, 0.6) is 5.75 Å². The third kappa shape index (κ3) is 3.16. The maximum absolute atomic E-state index is 12.1. The minimum absolute atomic E-state index is 0.0814. The van der Waals surface area contributed by atoms with Crippen molar-refractivity contribution in [1.29, 1.82) is 0 Å². The molecular formula is C16H17NO3. The number of aliphatic hydroxyl groups is 1. The highest BCUT2D eigenvalue weighted by atomic mass is 16.3. The zero-order chi connectivity index (χ0) is 14.5. The average molecular weight is 271 g/mol. The Morgan fingerprint density at radius 3 is 2.50 bits per heavy atom. The number of benzene rings is 2. The van der Waals surface area contributed by atoms with Crippen LogP contribution in [0.3, 0.4) is 0 Å². The first-order valence-corrected chi connectivity index (χ1v) is 6.38. The summed E-state index contributed by atoms with van der Waals surface area (Å²) in [6.45, 7) is 1.57. The Kier molecular flexibility index (Phi) is 4.38. The van der Waals surface area contributed by atoms with Gasteiger partial charge in [0.15, 0.2) is 0 Å². The quantitative estimate of drug-likeness (QED) is 0.798. The third-order valence-electron chi connectivity index (χ3n) is 3.16. The second-order valence-electron chi connectivity index (χ2n) is 4.62. The maximum atomic E-state index is 12.1. The van der Waals surface area contributed by atoms with E-state index in [0.29, 0.717) is 11.1 Å². The molecule has 0 spiro atoms. The van der Waals surface area contributed by atoms with E-state index in [2.05, 4.69) is 5.32 Å². The van der Waals surface area contributed by atoms with Crippen molar-refractivity contribution in [1.82, 2.24) is 5.32 Å². The van der Waals surface area contributed by atoms with E-state index in [1.807, 2.05) is 30.3 Å². The molecule has 1 atom stereocenters. The van der Waals surface area contributed by atoms with E-state index in [1.54, 1.807) is 19.1 Å². The van der Waals surface area contributed by atoms with Crippen molar-refractivity contribution in [3.63, 3.8) is 0 Å². The number of aryl methyl sites for hydroxylation is 1. The lowest BCUT2D eigenvalue weighted by molar-refractivity contribution is 0.0916. The van der Waals surface area contributed by atoms with Crippen LogP contribution in [0, 0.1) is 6.92 Å². The van der Waals surface area contributed by atoms with Crippen LogP contribution in [0.25, 0.3) is 0 Å². The lowest BCUT2D eigenvalue weighted by Gasteiger charge is -2.17. The number of aliphatic hydroxyl groups excluding tert-OH is 1. The third-order valence-corrected chi connectivity index (χ3v) is 3.16. The summed E-state index contributed by atoms with van der Waals surface area (Å²) in [5, 5.41) is 21.8. The van der Waals surface area contributed by atoms with Gasteiger partial charge >= 0.3 is 0 Å². The Hall–Kier alpha value is -2.33. The fourth-order valence-electron chi connectivity index (χ4n) is 1.91. The van der Waals surface area contributed by atoms with Gasteiger partial charge < -0.3 is 15.5 Å². The standard InChI is InChI=1S/C16H17NO3/c1-11-7-8-13(9-15(11)19)16(20)17-14(10-18)12-5-3-2-4-6-12/h2-9,14,18-19H,10H2,1H3,(H,17,20)/t14-/m0/s1. The average Bonchev–Trinajstić information content (AvgIpc) is 2.48. The van der Waals surface area contributed by atoms with Crippen molar-refractivity contribution in [2.45, 2.75) is 13.0 Å². The minimum atomic E-state index is -0.466. The van der Waals surface area contributed by atoms with E-state index in [0.717, 1.165) is 5.56 Å². The van der Waals surface area contributed by atoms with Crippen LogP contribution in [0.2, 0.25) is 0 Å². The van der Waals surface area contributed by atoms with Crippen molar-refractivity contribution in [2.24, 2.45) is 0 Å². The molecule has 0 aliphatic heterocycles. The normalized spacial score (nSPS) is 11.9. The largest absolute Gasteiger partial charge is 0.508 e. The number of carbonyl (C=O) groups is 1. The zero-order valence-corrected chi connectivity index (χ0v) is 11.2.